The maximum absolute atomic E-state index is 9.42. The highest BCUT2D eigenvalue weighted by Gasteiger charge is 2.42. The summed E-state index contributed by atoms with van der Waals surface area (Å²) >= 11 is 0. The first-order valence-corrected chi connectivity index (χ1v) is 9.04. The second-order valence-corrected chi connectivity index (χ2v) is 7.21. The minimum absolute atomic E-state index is 0.229. The summed E-state index contributed by atoms with van der Waals surface area (Å²) < 4.78 is 0. The van der Waals surface area contributed by atoms with Gasteiger partial charge in [-0.2, -0.15) is 0 Å². The van der Waals surface area contributed by atoms with E-state index in [9.17, 15) is 5.11 Å². The molecule has 3 nitrogen and oxygen atoms in total. The molecule has 2 N–H and O–H groups in total. The Labute approximate surface area is 144 Å². The Bertz CT molecular complexity index is 690. The van der Waals surface area contributed by atoms with Gasteiger partial charge in [-0.1, -0.05) is 42.5 Å². The van der Waals surface area contributed by atoms with Crippen LogP contribution in [0.2, 0.25) is 0 Å². The second-order valence-electron chi connectivity index (χ2n) is 7.21. The molecule has 0 atom stereocenters. The fraction of sp³-hybridized carbons (Fsp3) is 0.429. The topological polar surface area (TPSA) is 35.5 Å². The largest absolute Gasteiger partial charge is 0.396 e. The predicted molar refractivity (Wildman–Crippen MR) is 98.4 cm³/mol. The van der Waals surface area contributed by atoms with Crippen LogP contribution in [0.4, 0.5) is 5.69 Å². The number of hydrogen-bond donors (Lipinski definition) is 2. The highest BCUT2D eigenvalue weighted by atomic mass is 16.2. The van der Waals surface area contributed by atoms with Gasteiger partial charge in [-0.15, -0.1) is 0 Å². The normalized spacial score (nSPS) is 19.2. The fourth-order valence-electron chi connectivity index (χ4n) is 4.46. The van der Waals surface area contributed by atoms with E-state index < -0.39 is 0 Å². The number of hydrogen-bond acceptors (Lipinski definition) is 3. The molecular formula is C21H26N2O. The molecule has 4 rings (SSSR count). The summed E-state index contributed by atoms with van der Waals surface area (Å²) in [5.74, 6) is 0. The highest BCUT2D eigenvalue weighted by Crippen LogP contribution is 2.46. The molecule has 24 heavy (non-hydrogen) atoms. The summed E-state index contributed by atoms with van der Waals surface area (Å²) in [6.07, 6.45) is 3.16. The second kappa shape index (κ2) is 6.58. The first-order valence-electron chi connectivity index (χ1n) is 9.04. The van der Waals surface area contributed by atoms with Crippen LogP contribution in [-0.4, -0.2) is 36.2 Å². The van der Waals surface area contributed by atoms with Crippen molar-refractivity contribution in [1.29, 1.82) is 0 Å². The van der Waals surface area contributed by atoms with E-state index in [1.807, 2.05) is 0 Å². The molecule has 3 heteroatoms. The number of fused-ring (bicyclic) bond motifs is 2. The predicted octanol–water partition coefficient (Wildman–Crippen LogP) is 3.18. The summed E-state index contributed by atoms with van der Waals surface area (Å²) in [6, 6.07) is 17.3. The maximum atomic E-state index is 9.42. The molecule has 2 aliphatic rings. The quantitative estimate of drug-likeness (QED) is 0.907. The lowest BCUT2D eigenvalue weighted by molar-refractivity contribution is 0.161. The first-order chi connectivity index (χ1) is 11.8. The Kier molecular flexibility index (Phi) is 4.30. The lowest BCUT2D eigenvalue weighted by Gasteiger charge is -2.40. The van der Waals surface area contributed by atoms with Crippen molar-refractivity contribution in [3.05, 3.63) is 65.2 Å². The minimum atomic E-state index is 0.229. The zero-order valence-corrected chi connectivity index (χ0v) is 14.2. The van der Waals surface area contributed by atoms with Crippen molar-refractivity contribution in [3.8, 4) is 0 Å². The van der Waals surface area contributed by atoms with Crippen molar-refractivity contribution in [2.24, 2.45) is 0 Å². The maximum Gasteiger partial charge on any atom is 0.0471 e. The van der Waals surface area contributed by atoms with Crippen LogP contribution in [0.25, 0.3) is 0 Å². The number of likely N-dealkylation sites (tertiary alicyclic amines) is 1. The number of aliphatic hydroxyl groups is 1. The van der Waals surface area contributed by atoms with E-state index >= 15 is 0 Å². The molecule has 0 aliphatic carbocycles. The van der Waals surface area contributed by atoms with Gasteiger partial charge < -0.3 is 10.4 Å². The molecule has 2 aromatic carbocycles. The van der Waals surface area contributed by atoms with Crippen molar-refractivity contribution >= 4 is 5.69 Å². The SMILES string of the molecule is OCCc1cccc2c1C1(CCN(Cc3ccccc3)CC1)CN2. The molecule has 2 heterocycles. The lowest BCUT2D eigenvalue weighted by atomic mass is 9.72. The molecule has 126 valence electrons. The summed E-state index contributed by atoms with van der Waals surface area (Å²) in [6.45, 7) is 4.61. The van der Waals surface area contributed by atoms with Gasteiger partial charge in [0.1, 0.15) is 0 Å². The Balaban J connectivity index is 1.50. The summed E-state index contributed by atoms with van der Waals surface area (Å²) in [5.41, 5.74) is 5.76. The molecule has 1 fully saturated rings. The molecule has 0 amide bonds. The van der Waals surface area contributed by atoms with Gasteiger partial charge in [-0.3, -0.25) is 4.90 Å². The number of aliphatic hydroxyl groups excluding tert-OH is 1. The van der Waals surface area contributed by atoms with Gasteiger partial charge in [0, 0.05) is 30.8 Å². The zero-order valence-electron chi connectivity index (χ0n) is 14.2. The number of rotatable bonds is 4. The van der Waals surface area contributed by atoms with Crippen LogP contribution in [0.5, 0.6) is 0 Å². The van der Waals surface area contributed by atoms with Crippen molar-refractivity contribution in [2.45, 2.75) is 31.2 Å². The minimum Gasteiger partial charge on any atom is -0.396 e. The van der Waals surface area contributed by atoms with Gasteiger partial charge in [0.15, 0.2) is 0 Å². The number of nitrogens with one attached hydrogen (secondary N) is 1. The van der Waals surface area contributed by atoms with E-state index in [4.69, 9.17) is 0 Å². The van der Waals surface area contributed by atoms with E-state index in [2.05, 4.69) is 58.7 Å². The smallest absolute Gasteiger partial charge is 0.0471 e. The monoisotopic (exact) mass is 322 g/mol. The number of nitrogens with zero attached hydrogens (tertiary/aromatic N) is 1. The van der Waals surface area contributed by atoms with Crippen LogP contribution in [0, 0.1) is 0 Å². The van der Waals surface area contributed by atoms with Gasteiger partial charge in [-0.25, -0.2) is 0 Å². The fourth-order valence-corrected chi connectivity index (χ4v) is 4.46. The van der Waals surface area contributed by atoms with Gasteiger partial charge in [0.25, 0.3) is 0 Å². The molecule has 1 spiro atoms. The van der Waals surface area contributed by atoms with Crippen LogP contribution < -0.4 is 5.32 Å². The number of benzene rings is 2. The number of anilines is 1. The van der Waals surface area contributed by atoms with E-state index in [-0.39, 0.29) is 12.0 Å². The summed E-state index contributed by atoms with van der Waals surface area (Å²) in [4.78, 5) is 2.58. The molecule has 2 aliphatic heterocycles. The molecule has 2 aromatic rings. The Morgan fingerprint density at radius 1 is 1.00 bits per heavy atom. The molecule has 1 saturated heterocycles. The van der Waals surface area contributed by atoms with Crippen molar-refractivity contribution in [2.75, 3.05) is 31.6 Å². The Hall–Kier alpha value is -1.84. The summed E-state index contributed by atoms with van der Waals surface area (Å²) in [7, 11) is 0. The van der Waals surface area contributed by atoms with Gasteiger partial charge in [0.05, 0.1) is 0 Å². The van der Waals surface area contributed by atoms with Gasteiger partial charge in [0.2, 0.25) is 0 Å². The Morgan fingerprint density at radius 3 is 2.54 bits per heavy atom. The van der Waals surface area contributed by atoms with Crippen LogP contribution in [-0.2, 0) is 18.4 Å². The molecule has 0 aromatic heterocycles. The first kappa shape index (κ1) is 15.7. The average molecular weight is 322 g/mol. The molecule has 0 radical (unpaired) electrons. The van der Waals surface area contributed by atoms with Crippen LogP contribution >= 0.6 is 0 Å². The van der Waals surface area contributed by atoms with Crippen molar-refractivity contribution in [3.63, 3.8) is 0 Å². The third-order valence-corrected chi connectivity index (χ3v) is 5.74. The van der Waals surface area contributed by atoms with Crippen LogP contribution in [0.15, 0.2) is 48.5 Å². The standard InChI is InChI=1S/C21H26N2O/c24-14-9-18-7-4-8-19-20(18)21(16-22-19)10-12-23(13-11-21)15-17-5-2-1-3-6-17/h1-8,22,24H,9-16H2. The lowest BCUT2D eigenvalue weighted by Crippen LogP contribution is -2.43. The third-order valence-electron chi connectivity index (χ3n) is 5.74. The van der Waals surface area contributed by atoms with Gasteiger partial charge in [-0.05, 0) is 55.1 Å². The van der Waals surface area contributed by atoms with E-state index in [1.165, 1.54) is 35.2 Å². The molecular weight excluding hydrogens is 296 g/mol. The molecule has 0 saturated carbocycles. The van der Waals surface area contributed by atoms with Crippen LogP contribution in [0.3, 0.4) is 0 Å². The van der Waals surface area contributed by atoms with Crippen molar-refractivity contribution < 1.29 is 5.11 Å². The highest BCUT2D eigenvalue weighted by molar-refractivity contribution is 5.63. The summed E-state index contributed by atoms with van der Waals surface area (Å²) in [5, 5.41) is 13.0. The van der Waals surface area contributed by atoms with E-state index in [0.717, 1.165) is 32.6 Å². The zero-order chi connectivity index (χ0) is 16.4. The third kappa shape index (κ3) is 2.83. The average Bonchev–Trinajstić information content (AvgIpc) is 2.98. The van der Waals surface area contributed by atoms with Crippen molar-refractivity contribution in [1.82, 2.24) is 4.90 Å². The van der Waals surface area contributed by atoms with Crippen LogP contribution in [0.1, 0.15) is 29.5 Å². The van der Waals surface area contributed by atoms with Gasteiger partial charge >= 0.3 is 0 Å². The van der Waals surface area contributed by atoms with E-state index in [1.54, 1.807) is 0 Å². The molecule has 0 unspecified atom stereocenters. The van der Waals surface area contributed by atoms with E-state index in [0.29, 0.717) is 0 Å². The molecule has 0 bridgehead atoms. The Morgan fingerprint density at radius 2 is 1.79 bits per heavy atom. The number of piperidine rings is 1.